The molecule has 1 heterocycles. The van der Waals surface area contributed by atoms with Gasteiger partial charge < -0.3 is 15.8 Å². The zero-order valence-corrected chi connectivity index (χ0v) is 5.30. The van der Waals surface area contributed by atoms with Crippen molar-refractivity contribution in [2.75, 3.05) is 0 Å². The van der Waals surface area contributed by atoms with E-state index in [-0.39, 0.29) is 0 Å². The molecule has 0 aliphatic heterocycles. The lowest BCUT2D eigenvalue weighted by atomic mass is 10.7. The van der Waals surface area contributed by atoms with Crippen molar-refractivity contribution in [1.29, 1.82) is 0 Å². The monoisotopic (exact) mass is 156 g/mol. The zero-order valence-electron chi connectivity index (χ0n) is 5.30. The van der Waals surface area contributed by atoms with Crippen LogP contribution in [0.5, 0.6) is 0 Å². The summed E-state index contributed by atoms with van der Waals surface area (Å²) in [6.07, 6.45) is 1.13. The lowest BCUT2D eigenvalue weighted by molar-refractivity contribution is -0.389. The molecule has 0 aliphatic rings. The van der Waals surface area contributed by atoms with Gasteiger partial charge in [0.1, 0.15) is 0 Å². The van der Waals surface area contributed by atoms with Crippen LogP contribution in [-0.4, -0.2) is 20.7 Å². The molecule has 1 rings (SSSR count). The molecule has 1 aromatic heterocycles. The van der Waals surface area contributed by atoms with E-state index in [0.29, 0.717) is 4.68 Å². The number of aromatic nitrogens is 2. The third-order valence-corrected chi connectivity index (χ3v) is 0.988. The van der Waals surface area contributed by atoms with Crippen LogP contribution in [0.3, 0.4) is 0 Å². The minimum absolute atomic E-state index is 0.399. The number of carbonyl (C=O) groups excluding carboxylic acids is 1. The van der Waals surface area contributed by atoms with Crippen LogP contribution in [0, 0.1) is 10.1 Å². The first-order valence-corrected chi connectivity index (χ1v) is 2.61. The van der Waals surface area contributed by atoms with E-state index in [1.54, 1.807) is 0 Å². The van der Waals surface area contributed by atoms with E-state index < -0.39 is 16.8 Å². The maximum atomic E-state index is 10.3. The molecular formula is C4H4N4O3. The Labute approximate surface area is 60.6 Å². The Balaban J connectivity index is 2.99. The molecule has 58 valence electrons. The SMILES string of the molecule is NC(=O)n1ccc([N+](=O)[O-])n1. The van der Waals surface area contributed by atoms with Crippen LogP contribution in [0.4, 0.5) is 10.6 Å². The van der Waals surface area contributed by atoms with E-state index in [9.17, 15) is 14.9 Å². The quantitative estimate of drug-likeness (QED) is 0.445. The maximum Gasteiger partial charge on any atom is 0.390 e. The molecule has 0 saturated carbocycles. The highest BCUT2D eigenvalue weighted by Crippen LogP contribution is 2.03. The Morgan fingerprint density at radius 2 is 2.45 bits per heavy atom. The van der Waals surface area contributed by atoms with Gasteiger partial charge in [-0.05, 0) is 4.92 Å². The minimum atomic E-state index is -0.849. The summed E-state index contributed by atoms with van der Waals surface area (Å²) in [5, 5.41) is 13.3. The third-order valence-electron chi connectivity index (χ3n) is 0.988. The number of hydrogen-bond acceptors (Lipinski definition) is 4. The standard InChI is InChI=1S/C4H4N4O3/c5-4(9)7-2-1-3(6-7)8(10)11/h1-2H,(H2,5,9). The molecule has 0 fully saturated rings. The fourth-order valence-electron chi connectivity index (χ4n) is 0.534. The predicted molar refractivity (Wildman–Crippen MR) is 33.9 cm³/mol. The van der Waals surface area contributed by atoms with Crippen LogP contribution < -0.4 is 5.73 Å². The van der Waals surface area contributed by atoms with Crippen molar-refractivity contribution in [2.24, 2.45) is 5.73 Å². The van der Waals surface area contributed by atoms with E-state index in [0.717, 1.165) is 12.3 Å². The Morgan fingerprint density at radius 1 is 1.82 bits per heavy atom. The smallest absolute Gasteiger partial charge is 0.358 e. The fraction of sp³-hybridized carbons (Fsp3) is 0. The molecule has 0 bridgehead atoms. The summed E-state index contributed by atoms with van der Waals surface area (Å²) in [5.41, 5.74) is 4.77. The summed E-state index contributed by atoms with van der Waals surface area (Å²) >= 11 is 0. The summed E-state index contributed by atoms with van der Waals surface area (Å²) in [7, 11) is 0. The number of carbonyl (C=O) groups is 1. The van der Waals surface area contributed by atoms with E-state index >= 15 is 0 Å². The van der Waals surface area contributed by atoms with Gasteiger partial charge in [0.15, 0.2) is 0 Å². The molecule has 0 unspecified atom stereocenters. The summed E-state index contributed by atoms with van der Waals surface area (Å²) in [4.78, 5) is 19.6. The van der Waals surface area contributed by atoms with Crippen molar-refractivity contribution in [3.8, 4) is 0 Å². The van der Waals surface area contributed by atoms with Gasteiger partial charge in [0.2, 0.25) is 0 Å². The van der Waals surface area contributed by atoms with Crippen molar-refractivity contribution in [1.82, 2.24) is 9.78 Å². The normalized spacial score (nSPS) is 9.45. The molecule has 0 atom stereocenters. The van der Waals surface area contributed by atoms with Gasteiger partial charge in [0.25, 0.3) is 0 Å². The second kappa shape index (κ2) is 2.37. The van der Waals surface area contributed by atoms with Crippen LogP contribution in [0.25, 0.3) is 0 Å². The number of nitro groups is 1. The van der Waals surface area contributed by atoms with Gasteiger partial charge in [-0.3, -0.25) is 0 Å². The highest BCUT2D eigenvalue weighted by Gasteiger charge is 2.12. The molecule has 0 saturated heterocycles. The summed E-state index contributed by atoms with van der Waals surface area (Å²) in [5.74, 6) is -0.399. The topological polar surface area (TPSA) is 104 Å². The summed E-state index contributed by atoms with van der Waals surface area (Å²) < 4.78 is 0.693. The average molecular weight is 156 g/mol. The third kappa shape index (κ3) is 1.31. The molecule has 7 nitrogen and oxygen atoms in total. The van der Waals surface area contributed by atoms with E-state index in [2.05, 4.69) is 5.10 Å². The molecule has 7 heteroatoms. The second-order valence-electron chi connectivity index (χ2n) is 1.71. The van der Waals surface area contributed by atoms with Crippen molar-refractivity contribution < 1.29 is 9.72 Å². The van der Waals surface area contributed by atoms with Crippen molar-refractivity contribution in [3.05, 3.63) is 22.4 Å². The van der Waals surface area contributed by atoms with E-state index in [4.69, 9.17) is 5.73 Å². The number of nitrogens with two attached hydrogens (primary N) is 1. The molecule has 0 aliphatic carbocycles. The van der Waals surface area contributed by atoms with Gasteiger partial charge in [-0.15, -0.1) is 0 Å². The molecule has 11 heavy (non-hydrogen) atoms. The van der Waals surface area contributed by atoms with Crippen LogP contribution in [0.2, 0.25) is 0 Å². The van der Waals surface area contributed by atoms with Crippen LogP contribution in [0.15, 0.2) is 12.3 Å². The van der Waals surface area contributed by atoms with Crippen molar-refractivity contribution in [3.63, 3.8) is 0 Å². The highest BCUT2D eigenvalue weighted by atomic mass is 16.6. The molecular weight excluding hydrogens is 152 g/mol. The molecule has 2 N–H and O–H groups in total. The number of nitrogens with zero attached hydrogens (tertiary/aromatic N) is 3. The van der Waals surface area contributed by atoms with Gasteiger partial charge in [-0.2, -0.15) is 0 Å². The molecule has 0 spiro atoms. The van der Waals surface area contributed by atoms with E-state index in [1.165, 1.54) is 0 Å². The molecule has 0 aromatic carbocycles. The maximum absolute atomic E-state index is 10.3. The number of primary amides is 1. The number of hydrogen-bond donors (Lipinski definition) is 1. The van der Waals surface area contributed by atoms with Gasteiger partial charge in [0.05, 0.1) is 17.4 Å². The molecule has 0 radical (unpaired) electrons. The second-order valence-corrected chi connectivity index (χ2v) is 1.71. The lowest BCUT2D eigenvalue weighted by Crippen LogP contribution is -2.19. The number of rotatable bonds is 1. The van der Waals surface area contributed by atoms with E-state index in [1.807, 2.05) is 0 Å². The first-order chi connectivity index (χ1) is 5.11. The van der Waals surface area contributed by atoms with Gasteiger partial charge in [-0.1, -0.05) is 4.68 Å². The zero-order chi connectivity index (χ0) is 8.43. The Hall–Kier alpha value is -1.92. The molecule has 1 amide bonds. The van der Waals surface area contributed by atoms with Gasteiger partial charge in [0, 0.05) is 0 Å². The average Bonchev–Trinajstić information content (AvgIpc) is 2.33. The van der Waals surface area contributed by atoms with Crippen molar-refractivity contribution >= 4 is 11.8 Å². The van der Waals surface area contributed by atoms with Crippen LogP contribution >= 0.6 is 0 Å². The largest absolute Gasteiger partial charge is 0.390 e. The first kappa shape index (κ1) is 7.19. The molecule has 1 aromatic rings. The lowest BCUT2D eigenvalue weighted by Gasteiger charge is -1.84. The van der Waals surface area contributed by atoms with Gasteiger partial charge >= 0.3 is 11.8 Å². The minimum Gasteiger partial charge on any atom is -0.358 e. The highest BCUT2D eigenvalue weighted by molar-refractivity contribution is 5.73. The summed E-state index contributed by atoms with van der Waals surface area (Å²) in [6, 6.07) is 0.239. The van der Waals surface area contributed by atoms with Crippen LogP contribution in [-0.2, 0) is 0 Å². The summed E-state index contributed by atoms with van der Waals surface area (Å²) in [6.45, 7) is 0. The van der Waals surface area contributed by atoms with Crippen LogP contribution in [0.1, 0.15) is 0 Å². The fourth-order valence-corrected chi connectivity index (χ4v) is 0.534. The van der Waals surface area contributed by atoms with Gasteiger partial charge in [-0.25, -0.2) is 4.79 Å². The Kier molecular flexibility index (Phi) is 1.55. The Morgan fingerprint density at radius 3 is 2.73 bits per heavy atom. The first-order valence-electron chi connectivity index (χ1n) is 2.61. The predicted octanol–water partition coefficient (Wildman–Crippen LogP) is -0.282. The number of amides is 1. The Bertz CT molecular complexity index is 276. The van der Waals surface area contributed by atoms with Crippen molar-refractivity contribution in [2.45, 2.75) is 0 Å².